The molecular formula is C31H25N3O2S3. The Balaban J connectivity index is 1.64. The number of anilines is 2. The molecule has 5 nitrogen and oxygen atoms in total. The molecule has 8 heteroatoms. The minimum Gasteiger partial charge on any atom is -0.340 e. The van der Waals surface area contributed by atoms with Gasteiger partial charge >= 0.3 is 0 Å². The predicted octanol–water partition coefficient (Wildman–Crippen LogP) is 5.35. The van der Waals surface area contributed by atoms with Gasteiger partial charge in [0.15, 0.2) is 4.32 Å². The molecule has 0 radical (unpaired) electrons. The summed E-state index contributed by atoms with van der Waals surface area (Å²) in [6, 6.07) is 23.7. The number of fused-ring (bicyclic) bond motifs is 1. The molecule has 0 bridgehead atoms. The summed E-state index contributed by atoms with van der Waals surface area (Å²) in [5.74, 6) is -0.218. The molecule has 1 aromatic heterocycles. The van der Waals surface area contributed by atoms with Gasteiger partial charge in [-0.2, -0.15) is 0 Å². The number of benzene rings is 3. The van der Waals surface area contributed by atoms with E-state index in [0.717, 1.165) is 33.8 Å². The number of para-hydroxylation sites is 1. The van der Waals surface area contributed by atoms with Gasteiger partial charge in [-0.15, -0.1) is 11.3 Å². The number of hydrogen-bond donors (Lipinski definition) is 0. The van der Waals surface area contributed by atoms with Gasteiger partial charge in [0.25, 0.3) is 11.5 Å². The molecule has 0 spiro atoms. The first-order valence-corrected chi connectivity index (χ1v) is 14.7. The molecule has 0 aliphatic carbocycles. The molecule has 1 fully saturated rings. The SMILES string of the molecule is CCN1C(=c2sc(=C3SC(=S)N(c4ccc(C)cc4)C3=O)n(-c3ccc(C)cc3)c2=O)C=Cc2ccccc21. The van der Waals surface area contributed by atoms with Crippen LogP contribution in [0.25, 0.3) is 22.4 Å². The summed E-state index contributed by atoms with van der Waals surface area (Å²) < 4.78 is 3.28. The van der Waals surface area contributed by atoms with Crippen LogP contribution in [0.15, 0.2) is 83.7 Å². The number of thiazole rings is 1. The number of rotatable bonds is 3. The lowest BCUT2D eigenvalue weighted by molar-refractivity contribution is -0.112. The first-order chi connectivity index (χ1) is 18.9. The van der Waals surface area contributed by atoms with Crippen molar-refractivity contribution in [1.29, 1.82) is 0 Å². The number of likely N-dealkylation sites (N-methyl/N-ethyl adjacent to an activating group) is 1. The number of hydrogen-bond acceptors (Lipinski definition) is 6. The van der Waals surface area contributed by atoms with Gasteiger partial charge in [-0.1, -0.05) is 83.6 Å². The number of amides is 1. The van der Waals surface area contributed by atoms with Gasteiger partial charge in [0.2, 0.25) is 0 Å². The molecule has 2 aliphatic rings. The van der Waals surface area contributed by atoms with E-state index in [-0.39, 0.29) is 11.5 Å². The van der Waals surface area contributed by atoms with Gasteiger partial charge in [0.1, 0.15) is 14.1 Å². The van der Waals surface area contributed by atoms with E-state index in [4.69, 9.17) is 12.2 Å². The standard InChI is InChI=1S/C31H25N3O2S3/c1-4-32-24-8-6-5-7-21(24)13-18-25(32)26-28(35)33(22-14-9-19(2)10-15-22)30(38-26)27-29(36)34(31(37)39-27)23-16-11-20(3)12-17-23/h5-18H,4H2,1-3H3. The average molecular weight is 568 g/mol. The third kappa shape index (κ3) is 4.38. The highest BCUT2D eigenvalue weighted by Gasteiger charge is 2.35. The van der Waals surface area contributed by atoms with Gasteiger partial charge in [-0.05, 0) is 62.7 Å². The summed E-state index contributed by atoms with van der Waals surface area (Å²) >= 11 is 8.26. The topological polar surface area (TPSA) is 45.5 Å². The van der Waals surface area contributed by atoms with E-state index < -0.39 is 0 Å². The third-order valence-electron chi connectivity index (χ3n) is 6.83. The quantitative estimate of drug-likeness (QED) is 0.313. The Hall–Kier alpha value is -3.72. The summed E-state index contributed by atoms with van der Waals surface area (Å²) in [5.41, 5.74) is 6.46. The van der Waals surface area contributed by atoms with E-state index in [2.05, 4.69) is 24.0 Å². The number of aryl methyl sites for hydroxylation is 2. The minimum atomic E-state index is -0.218. The molecule has 0 unspecified atom stereocenters. The Bertz CT molecular complexity index is 1850. The number of aromatic nitrogens is 1. The average Bonchev–Trinajstić information content (AvgIpc) is 3.44. The summed E-state index contributed by atoms with van der Waals surface area (Å²) in [7, 11) is 0. The molecule has 2 aliphatic heterocycles. The van der Waals surface area contributed by atoms with Crippen molar-refractivity contribution in [1.82, 2.24) is 4.57 Å². The molecule has 1 saturated heterocycles. The Morgan fingerprint density at radius 1 is 0.821 bits per heavy atom. The first kappa shape index (κ1) is 25.6. The summed E-state index contributed by atoms with van der Waals surface area (Å²) in [5, 5.41) is 0. The van der Waals surface area contributed by atoms with Crippen molar-refractivity contribution in [2.75, 3.05) is 16.3 Å². The van der Waals surface area contributed by atoms with Gasteiger partial charge in [-0.3, -0.25) is 19.1 Å². The van der Waals surface area contributed by atoms with E-state index >= 15 is 0 Å². The smallest absolute Gasteiger partial charge is 0.275 e. The van der Waals surface area contributed by atoms with Crippen LogP contribution in [0.5, 0.6) is 0 Å². The van der Waals surface area contributed by atoms with Crippen LogP contribution in [-0.2, 0) is 4.79 Å². The lowest BCUT2D eigenvalue weighted by Gasteiger charge is -2.28. The van der Waals surface area contributed by atoms with E-state index in [1.54, 1.807) is 9.47 Å². The van der Waals surface area contributed by atoms with Crippen LogP contribution in [-0.4, -0.2) is 21.3 Å². The largest absolute Gasteiger partial charge is 0.340 e. The number of thioether (sulfide) groups is 1. The zero-order valence-corrected chi connectivity index (χ0v) is 24.1. The zero-order chi connectivity index (χ0) is 27.3. The van der Waals surface area contributed by atoms with Crippen LogP contribution in [0.1, 0.15) is 23.6 Å². The van der Waals surface area contributed by atoms with E-state index in [0.29, 0.717) is 30.7 Å². The Kier molecular flexibility index (Phi) is 6.62. The highest BCUT2D eigenvalue weighted by molar-refractivity contribution is 8.31. The van der Waals surface area contributed by atoms with Crippen LogP contribution in [0, 0.1) is 13.8 Å². The Morgan fingerprint density at radius 3 is 2.13 bits per heavy atom. The van der Waals surface area contributed by atoms with E-state index in [1.165, 1.54) is 23.1 Å². The van der Waals surface area contributed by atoms with Crippen molar-refractivity contribution >= 4 is 73.6 Å². The zero-order valence-electron chi connectivity index (χ0n) is 21.7. The second-order valence-corrected chi connectivity index (χ2v) is 12.1. The minimum absolute atomic E-state index is 0.156. The normalized spacial score (nSPS) is 17.7. The second kappa shape index (κ2) is 10.1. The molecule has 194 valence electrons. The molecular weight excluding hydrogens is 543 g/mol. The van der Waals surface area contributed by atoms with Crippen molar-refractivity contribution in [3.63, 3.8) is 0 Å². The fourth-order valence-electron chi connectivity index (χ4n) is 4.83. The summed E-state index contributed by atoms with van der Waals surface area (Å²) in [4.78, 5) is 32.2. The number of carbonyl (C=O) groups excluding carboxylic acids is 1. The molecule has 3 aromatic carbocycles. The molecule has 4 aromatic rings. The van der Waals surface area contributed by atoms with Crippen LogP contribution in [0.3, 0.4) is 0 Å². The first-order valence-electron chi connectivity index (χ1n) is 12.6. The van der Waals surface area contributed by atoms with Crippen molar-refractivity contribution < 1.29 is 4.79 Å². The lowest BCUT2D eigenvalue weighted by Crippen LogP contribution is -2.36. The Labute approximate surface area is 240 Å². The molecule has 0 atom stereocenters. The summed E-state index contributed by atoms with van der Waals surface area (Å²) in [6.07, 6.45) is 4.04. The van der Waals surface area contributed by atoms with E-state index in [1.807, 2.05) is 86.7 Å². The van der Waals surface area contributed by atoms with Crippen LogP contribution >= 0.6 is 35.3 Å². The number of nitrogens with zero attached hydrogens (tertiary/aromatic N) is 3. The molecule has 39 heavy (non-hydrogen) atoms. The predicted molar refractivity (Wildman–Crippen MR) is 168 cm³/mol. The van der Waals surface area contributed by atoms with Crippen LogP contribution < -0.4 is 24.6 Å². The number of thiocarbonyl (C=S) groups is 1. The van der Waals surface area contributed by atoms with Crippen molar-refractivity contribution in [2.24, 2.45) is 0 Å². The molecule has 3 heterocycles. The van der Waals surface area contributed by atoms with Crippen LogP contribution in [0.2, 0.25) is 0 Å². The maximum Gasteiger partial charge on any atom is 0.275 e. The lowest BCUT2D eigenvalue weighted by atomic mass is 10.1. The van der Waals surface area contributed by atoms with Gasteiger partial charge < -0.3 is 4.90 Å². The molecule has 1 amide bonds. The van der Waals surface area contributed by atoms with Gasteiger partial charge in [0, 0.05) is 12.2 Å². The van der Waals surface area contributed by atoms with Crippen LogP contribution in [0.4, 0.5) is 11.4 Å². The second-order valence-electron chi connectivity index (χ2n) is 9.41. The van der Waals surface area contributed by atoms with Gasteiger partial charge in [-0.25, -0.2) is 0 Å². The van der Waals surface area contributed by atoms with Crippen molar-refractivity contribution in [3.05, 3.63) is 115 Å². The molecule has 0 saturated carbocycles. The monoisotopic (exact) mass is 567 g/mol. The summed E-state index contributed by atoms with van der Waals surface area (Å²) in [6.45, 7) is 6.78. The Morgan fingerprint density at radius 2 is 1.46 bits per heavy atom. The maximum atomic E-state index is 14.2. The fourth-order valence-corrected chi connectivity index (χ4v) is 7.45. The molecule has 6 rings (SSSR count). The van der Waals surface area contributed by atoms with Crippen molar-refractivity contribution in [2.45, 2.75) is 20.8 Å². The third-order valence-corrected chi connectivity index (χ3v) is 9.49. The number of carbonyl (C=O) groups is 1. The fraction of sp³-hybridized carbons (Fsp3) is 0.129. The van der Waals surface area contributed by atoms with Gasteiger partial charge in [0.05, 0.1) is 17.1 Å². The molecule has 0 N–H and O–H groups in total. The highest BCUT2D eigenvalue weighted by Crippen LogP contribution is 2.36. The van der Waals surface area contributed by atoms with Crippen molar-refractivity contribution in [3.8, 4) is 5.69 Å². The maximum absolute atomic E-state index is 14.2. The highest BCUT2D eigenvalue weighted by atomic mass is 32.2. The van der Waals surface area contributed by atoms with E-state index in [9.17, 15) is 9.59 Å².